The summed E-state index contributed by atoms with van der Waals surface area (Å²) in [6, 6.07) is 9.69. The molecule has 10 heteroatoms. The van der Waals surface area contributed by atoms with Crippen LogP contribution in [0.25, 0.3) is 27.6 Å². The van der Waals surface area contributed by atoms with Gasteiger partial charge in [0.25, 0.3) is 5.56 Å². The summed E-state index contributed by atoms with van der Waals surface area (Å²) in [7, 11) is 0. The highest BCUT2D eigenvalue weighted by Gasteiger charge is 2.22. The first-order valence-corrected chi connectivity index (χ1v) is 10.6. The van der Waals surface area contributed by atoms with Crippen molar-refractivity contribution in [2.75, 3.05) is 5.32 Å². The molecule has 0 fully saturated rings. The van der Waals surface area contributed by atoms with Crippen molar-refractivity contribution in [3.8, 4) is 5.69 Å². The van der Waals surface area contributed by atoms with Crippen LogP contribution in [-0.2, 0) is 0 Å². The molecule has 0 saturated heterocycles. The molecule has 3 aromatic heterocycles. The van der Waals surface area contributed by atoms with E-state index in [0.717, 1.165) is 0 Å². The average Bonchev–Trinajstić information content (AvgIpc) is 3.29. The maximum atomic E-state index is 14.2. The van der Waals surface area contributed by atoms with Gasteiger partial charge in [-0.15, -0.1) is 0 Å². The van der Waals surface area contributed by atoms with Crippen molar-refractivity contribution in [3.05, 3.63) is 87.8 Å². The minimum atomic E-state index is -0.701. The predicted octanol–water partition coefficient (Wildman–Crippen LogP) is 5.15. The van der Waals surface area contributed by atoms with Crippen molar-refractivity contribution in [1.82, 2.24) is 24.5 Å². The van der Waals surface area contributed by atoms with Crippen LogP contribution >= 0.6 is 11.6 Å². The van der Waals surface area contributed by atoms with Gasteiger partial charge in [-0.25, -0.2) is 23.7 Å². The molecule has 5 aromatic rings. The monoisotopic (exact) mass is 466 g/mol. The van der Waals surface area contributed by atoms with Gasteiger partial charge in [-0.05, 0) is 42.1 Å². The van der Waals surface area contributed by atoms with Gasteiger partial charge in [0.1, 0.15) is 23.5 Å². The van der Waals surface area contributed by atoms with Crippen LogP contribution in [-0.4, -0.2) is 24.5 Å². The molecule has 3 heterocycles. The largest absolute Gasteiger partial charge is 0.360 e. The zero-order valence-corrected chi connectivity index (χ0v) is 18.1. The van der Waals surface area contributed by atoms with Crippen molar-refractivity contribution >= 4 is 39.4 Å². The van der Waals surface area contributed by atoms with Gasteiger partial charge in [0.05, 0.1) is 28.5 Å². The number of nitrogens with one attached hydrogen (secondary N) is 2. The Bertz CT molecular complexity index is 1560. The SMILES string of the molecule is CC[C@@H](Nc1ncnc2nc[nH]c12)c1cc2ccc(F)c(Cl)c2c(=O)n1-c1cccc(F)c1. The average molecular weight is 467 g/mol. The zero-order valence-electron chi connectivity index (χ0n) is 17.3. The molecule has 0 bridgehead atoms. The number of pyridine rings is 1. The van der Waals surface area contributed by atoms with Gasteiger partial charge in [0.15, 0.2) is 11.5 Å². The Morgan fingerprint density at radius 3 is 2.79 bits per heavy atom. The van der Waals surface area contributed by atoms with Gasteiger partial charge < -0.3 is 10.3 Å². The number of hydrogen-bond donors (Lipinski definition) is 2. The number of benzene rings is 2. The molecule has 0 spiro atoms. The van der Waals surface area contributed by atoms with Crippen molar-refractivity contribution in [1.29, 1.82) is 0 Å². The second kappa shape index (κ2) is 8.25. The first-order chi connectivity index (χ1) is 16.0. The highest BCUT2D eigenvalue weighted by atomic mass is 35.5. The van der Waals surface area contributed by atoms with E-state index in [1.54, 1.807) is 12.1 Å². The van der Waals surface area contributed by atoms with Gasteiger partial charge in [-0.3, -0.25) is 9.36 Å². The van der Waals surface area contributed by atoms with E-state index < -0.39 is 23.2 Å². The van der Waals surface area contributed by atoms with E-state index in [4.69, 9.17) is 11.6 Å². The standard InChI is InChI=1S/C23H17ClF2N6O/c1-2-16(31-22-20-21(28-10-27-20)29-11-30-22)17-8-12-6-7-15(26)19(24)18(12)23(33)32(17)14-5-3-4-13(25)9-14/h3-11,16H,2H2,1H3,(H2,27,28,29,30,31)/t16-/m1/s1. The van der Waals surface area contributed by atoms with E-state index in [0.29, 0.717) is 40.2 Å². The normalized spacial score (nSPS) is 12.4. The second-order valence-corrected chi connectivity index (χ2v) is 7.82. The van der Waals surface area contributed by atoms with Gasteiger partial charge in [0.2, 0.25) is 0 Å². The second-order valence-electron chi connectivity index (χ2n) is 7.44. The number of imidazole rings is 1. The Balaban J connectivity index is 1.76. The summed E-state index contributed by atoms with van der Waals surface area (Å²) < 4.78 is 29.6. The third kappa shape index (κ3) is 3.60. The molecule has 2 N–H and O–H groups in total. The number of aromatic nitrogens is 5. The minimum absolute atomic E-state index is 0.0255. The van der Waals surface area contributed by atoms with E-state index in [9.17, 15) is 13.6 Å². The van der Waals surface area contributed by atoms with Crippen molar-refractivity contribution < 1.29 is 8.78 Å². The van der Waals surface area contributed by atoms with E-state index >= 15 is 0 Å². The molecule has 0 radical (unpaired) electrons. The van der Waals surface area contributed by atoms with Crippen molar-refractivity contribution in [2.45, 2.75) is 19.4 Å². The number of fused-ring (bicyclic) bond motifs is 2. The molecule has 0 unspecified atom stereocenters. The summed E-state index contributed by atoms with van der Waals surface area (Å²) in [6.07, 6.45) is 3.45. The topological polar surface area (TPSA) is 88.5 Å². The lowest BCUT2D eigenvalue weighted by Crippen LogP contribution is -2.27. The number of H-pyrrole nitrogens is 1. The molecule has 0 aliphatic rings. The minimum Gasteiger partial charge on any atom is -0.360 e. The maximum Gasteiger partial charge on any atom is 0.264 e. The molecule has 0 aliphatic heterocycles. The molecular weight excluding hydrogens is 450 g/mol. The van der Waals surface area contributed by atoms with Crippen LogP contribution in [0, 0.1) is 11.6 Å². The van der Waals surface area contributed by atoms with Crippen LogP contribution in [0.4, 0.5) is 14.6 Å². The molecule has 7 nitrogen and oxygen atoms in total. The number of rotatable bonds is 5. The lowest BCUT2D eigenvalue weighted by Gasteiger charge is -2.23. The Kier molecular flexibility index (Phi) is 5.26. The first kappa shape index (κ1) is 21.0. The summed E-state index contributed by atoms with van der Waals surface area (Å²) >= 11 is 6.16. The summed E-state index contributed by atoms with van der Waals surface area (Å²) in [5.74, 6) is -0.709. The zero-order chi connectivity index (χ0) is 23.1. The Morgan fingerprint density at radius 2 is 2.00 bits per heavy atom. The molecule has 2 aromatic carbocycles. The Hall–Kier alpha value is -3.85. The van der Waals surface area contributed by atoms with Crippen LogP contribution < -0.4 is 10.9 Å². The van der Waals surface area contributed by atoms with E-state index in [1.165, 1.54) is 47.6 Å². The number of nitrogens with zero attached hydrogens (tertiary/aromatic N) is 4. The summed E-state index contributed by atoms with van der Waals surface area (Å²) in [5, 5.41) is 3.56. The van der Waals surface area contributed by atoms with E-state index in [-0.39, 0.29) is 10.4 Å². The van der Waals surface area contributed by atoms with Crippen LogP contribution in [0.15, 0.2) is 59.9 Å². The van der Waals surface area contributed by atoms with Crippen LogP contribution in [0.3, 0.4) is 0 Å². The fourth-order valence-corrected chi connectivity index (χ4v) is 4.17. The molecule has 0 aliphatic carbocycles. The molecule has 166 valence electrons. The first-order valence-electron chi connectivity index (χ1n) is 10.2. The van der Waals surface area contributed by atoms with Gasteiger partial charge in [-0.2, -0.15) is 0 Å². The van der Waals surface area contributed by atoms with Crippen LogP contribution in [0.2, 0.25) is 5.02 Å². The molecular formula is C23H17ClF2N6O. The number of hydrogen-bond acceptors (Lipinski definition) is 5. The number of aromatic amines is 1. The lowest BCUT2D eigenvalue weighted by molar-refractivity contribution is 0.623. The van der Waals surface area contributed by atoms with Crippen molar-refractivity contribution in [2.24, 2.45) is 0 Å². The fourth-order valence-electron chi connectivity index (χ4n) is 3.92. The molecule has 5 rings (SSSR count). The van der Waals surface area contributed by atoms with E-state index in [1.807, 2.05) is 6.92 Å². The van der Waals surface area contributed by atoms with Crippen LogP contribution in [0.1, 0.15) is 25.1 Å². The summed E-state index contributed by atoms with van der Waals surface area (Å²) in [6.45, 7) is 1.94. The van der Waals surface area contributed by atoms with Crippen LogP contribution in [0.5, 0.6) is 0 Å². The molecule has 0 saturated carbocycles. The maximum absolute atomic E-state index is 14.2. The van der Waals surface area contributed by atoms with Gasteiger partial charge in [-0.1, -0.05) is 30.7 Å². The molecule has 0 amide bonds. The van der Waals surface area contributed by atoms with Gasteiger partial charge in [0, 0.05) is 5.69 Å². The summed E-state index contributed by atoms with van der Waals surface area (Å²) in [5.41, 5.74) is 1.39. The summed E-state index contributed by atoms with van der Waals surface area (Å²) in [4.78, 5) is 29.2. The fraction of sp³-hybridized carbons (Fsp3) is 0.130. The Morgan fingerprint density at radius 1 is 1.15 bits per heavy atom. The smallest absolute Gasteiger partial charge is 0.264 e. The molecule has 33 heavy (non-hydrogen) atoms. The predicted molar refractivity (Wildman–Crippen MR) is 123 cm³/mol. The van der Waals surface area contributed by atoms with E-state index in [2.05, 4.69) is 25.3 Å². The lowest BCUT2D eigenvalue weighted by atomic mass is 10.0. The van der Waals surface area contributed by atoms with Gasteiger partial charge >= 0.3 is 0 Å². The highest BCUT2D eigenvalue weighted by molar-refractivity contribution is 6.35. The third-order valence-electron chi connectivity index (χ3n) is 5.47. The number of anilines is 1. The Labute approximate surface area is 191 Å². The number of halogens is 3. The quantitative estimate of drug-likeness (QED) is 0.374. The van der Waals surface area contributed by atoms with Crippen molar-refractivity contribution in [3.63, 3.8) is 0 Å². The third-order valence-corrected chi connectivity index (χ3v) is 5.84. The highest BCUT2D eigenvalue weighted by Crippen LogP contribution is 2.30. The molecule has 1 atom stereocenters.